The highest BCUT2D eigenvalue weighted by Crippen LogP contribution is 2.20. The Kier molecular flexibility index (Phi) is 15.5. The molecule has 4 heterocycles. The maximum atomic E-state index is 12.7. The molecule has 0 saturated heterocycles. The van der Waals surface area contributed by atoms with Gasteiger partial charge in [-0.05, 0) is 24.3 Å². The van der Waals surface area contributed by atoms with E-state index in [2.05, 4.69) is 19.9 Å². The van der Waals surface area contributed by atoms with E-state index in [0.717, 1.165) is 36.7 Å². The molecule has 20 heteroatoms. The Labute approximate surface area is 274 Å². The number of hydrogen-bond acceptors (Lipinski definition) is 8. The molecule has 0 aliphatic carbocycles. The maximum Gasteiger partial charge on any atom is 0.251 e. The fraction of sp³-hybridized carbons (Fsp3) is 0. The average Bonchev–Trinajstić information content (AvgIpc) is 2.96. The molecule has 0 atom stereocenters. The SMILES string of the molecule is N#Cc1cc(F)c(Cl)nc1Cl.N#Cc1cc(F)cnc1Cl.NC(=O)c1cc(F)c(Cl)nc1Cl.NC(=O)c1cc(F)cnc1Cl. The Morgan fingerprint density at radius 3 is 1.45 bits per heavy atom. The van der Waals surface area contributed by atoms with Gasteiger partial charge >= 0.3 is 0 Å². The van der Waals surface area contributed by atoms with Gasteiger partial charge in [-0.15, -0.1) is 0 Å². The maximum absolute atomic E-state index is 12.7. The average molecular weight is 731 g/mol. The molecule has 0 radical (unpaired) electrons. The van der Waals surface area contributed by atoms with Crippen molar-refractivity contribution in [1.82, 2.24) is 19.9 Å². The summed E-state index contributed by atoms with van der Waals surface area (Å²) in [6.07, 6.45) is 1.87. The number of pyridine rings is 4. The van der Waals surface area contributed by atoms with Gasteiger partial charge in [-0.2, -0.15) is 10.5 Å². The van der Waals surface area contributed by atoms with Crippen LogP contribution in [0.2, 0.25) is 30.9 Å². The fourth-order valence-corrected chi connectivity index (χ4v) is 3.36. The number of nitrogens with two attached hydrogens (primary N) is 2. The number of nitriles is 2. The Bertz CT molecular complexity index is 1790. The largest absolute Gasteiger partial charge is 0.366 e. The van der Waals surface area contributed by atoms with E-state index < -0.39 is 35.1 Å². The van der Waals surface area contributed by atoms with Crippen LogP contribution in [0.5, 0.6) is 0 Å². The lowest BCUT2D eigenvalue weighted by molar-refractivity contribution is 0.0991. The number of rotatable bonds is 2. The second kappa shape index (κ2) is 17.9. The highest BCUT2D eigenvalue weighted by atomic mass is 35.5. The van der Waals surface area contributed by atoms with Crippen LogP contribution >= 0.6 is 69.6 Å². The second-order valence-corrected chi connectivity index (χ2v) is 9.28. The minimum absolute atomic E-state index is 0.0198. The van der Waals surface area contributed by atoms with Crippen molar-refractivity contribution in [2.75, 3.05) is 0 Å². The van der Waals surface area contributed by atoms with Crippen molar-refractivity contribution in [2.45, 2.75) is 0 Å². The molecule has 0 aliphatic heterocycles. The Hall–Kier alpha value is -4.02. The zero-order chi connectivity index (χ0) is 33.7. The van der Waals surface area contributed by atoms with Gasteiger partial charge in [-0.1, -0.05) is 69.6 Å². The first kappa shape index (κ1) is 38.0. The number of primary amides is 2. The smallest absolute Gasteiger partial charge is 0.251 e. The molecule has 0 unspecified atom stereocenters. The number of hydrogen-bond donors (Lipinski definition) is 2. The number of halogens is 10. The van der Waals surface area contributed by atoms with E-state index in [4.69, 9.17) is 91.6 Å². The molecule has 0 spiro atoms. The molecule has 2 amide bonds. The first-order valence-corrected chi connectivity index (χ1v) is 12.8. The number of carbonyl (C=O) groups excluding carboxylic acids is 2. The second-order valence-electron chi connectivity index (χ2n) is 7.13. The van der Waals surface area contributed by atoms with E-state index >= 15 is 0 Å². The van der Waals surface area contributed by atoms with Crippen LogP contribution < -0.4 is 11.5 Å². The number of amides is 2. The van der Waals surface area contributed by atoms with Crippen molar-refractivity contribution in [3.05, 3.63) is 113 Å². The highest BCUT2D eigenvalue weighted by molar-refractivity contribution is 6.35. The minimum atomic E-state index is -0.844. The van der Waals surface area contributed by atoms with Gasteiger partial charge in [0.05, 0.1) is 34.6 Å². The third kappa shape index (κ3) is 11.9. The van der Waals surface area contributed by atoms with Crippen LogP contribution in [-0.4, -0.2) is 31.8 Å². The predicted octanol–water partition coefficient (Wildman–Crippen LogP) is 6.74. The van der Waals surface area contributed by atoms with E-state index in [1.165, 1.54) is 0 Å². The fourth-order valence-electron chi connectivity index (χ4n) is 2.24. The highest BCUT2D eigenvalue weighted by Gasteiger charge is 2.12. The van der Waals surface area contributed by atoms with Gasteiger partial charge in [0.25, 0.3) is 11.8 Å². The standard InChI is InChI=1S/C6H3Cl2FN2O.C6HCl2FN2.C6H4ClFN2O.C6H2ClFN2/c7-4-2(6(10)12)1-3(9)5(8)11-4;7-5-3(2-10)1-4(9)6(8)11-5;7-5-4(6(9)11)1-3(8)2-10-5;7-6-4(2-9)1-5(8)3-10-6/h1H,(H2,10,12);1H;1-2H,(H2,9,11);1,3H. The van der Waals surface area contributed by atoms with Gasteiger partial charge in [0, 0.05) is 0 Å². The van der Waals surface area contributed by atoms with Crippen molar-refractivity contribution in [3.63, 3.8) is 0 Å². The lowest BCUT2D eigenvalue weighted by Gasteiger charge is -1.99. The molecule has 4 N–H and O–H groups in total. The zero-order valence-electron chi connectivity index (χ0n) is 20.9. The Morgan fingerprint density at radius 2 is 1.00 bits per heavy atom. The quantitative estimate of drug-likeness (QED) is 0.168. The van der Waals surface area contributed by atoms with Crippen LogP contribution in [0.3, 0.4) is 0 Å². The first-order chi connectivity index (χ1) is 20.5. The monoisotopic (exact) mass is 728 g/mol. The van der Waals surface area contributed by atoms with Gasteiger partial charge in [-0.25, -0.2) is 37.5 Å². The first-order valence-electron chi connectivity index (χ1n) is 10.6. The Balaban J connectivity index is 0.000000294. The van der Waals surface area contributed by atoms with Gasteiger partial charge in [0.2, 0.25) is 0 Å². The molecule has 4 aromatic heterocycles. The Morgan fingerprint density at radius 1 is 0.591 bits per heavy atom. The van der Waals surface area contributed by atoms with Crippen LogP contribution in [0.15, 0.2) is 36.7 Å². The molecule has 0 saturated carbocycles. The summed E-state index contributed by atoms with van der Waals surface area (Å²) in [4.78, 5) is 34.6. The summed E-state index contributed by atoms with van der Waals surface area (Å²) in [5.41, 5.74) is 9.46. The summed E-state index contributed by atoms with van der Waals surface area (Å²) in [5, 5.41) is 15.6. The predicted molar refractivity (Wildman–Crippen MR) is 153 cm³/mol. The van der Waals surface area contributed by atoms with Crippen molar-refractivity contribution in [1.29, 1.82) is 10.5 Å². The molecule has 4 rings (SSSR count). The van der Waals surface area contributed by atoms with Crippen molar-refractivity contribution in [3.8, 4) is 12.1 Å². The summed E-state index contributed by atoms with van der Waals surface area (Å²) in [5.74, 6) is -4.39. The van der Waals surface area contributed by atoms with Gasteiger partial charge in [-0.3, -0.25) is 9.59 Å². The summed E-state index contributed by atoms with van der Waals surface area (Å²) < 4.78 is 49.8. The molecule has 10 nitrogen and oxygen atoms in total. The molecular formula is C24H10Cl6F4N8O2. The van der Waals surface area contributed by atoms with Crippen molar-refractivity contribution >= 4 is 81.4 Å². The lowest BCUT2D eigenvalue weighted by atomic mass is 10.3. The summed E-state index contributed by atoms with van der Waals surface area (Å²) in [7, 11) is 0. The van der Waals surface area contributed by atoms with E-state index in [9.17, 15) is 27.2 Å². The number of nitrogens with zero attached hydrogens (tertiary/aromatic N) is 6. The van der Waals surface area contributed by atoms with E-state index in [1.807, 2.05) is 0 Å². The molecule has 228 valence electrons. The molecular weight excluding hydrogens is 721 g/mol. The van der Waals surface area contributed by atoms with Crippen LogP contribution in [-0.2, 0) is 0 Å². The van der Waals surface area contributed by atoms with Crippen molar-refractivity contribution in [2.24, 2.45) is 11.5 Å². The van der Waals surface area contributed by atoms with E-state index in [0.29, 0.717) is 0 Å². The molecule has 0 aliphatic rings. The molecule has 4 aromatic rings. The number of carbonyl (C=O) groups is 2. The zero-order valence-corrected chi connectivity index (χ0v) is 25.4. The minimum Gasteiger partial charge on any atom is -0.366 e. The van der Waals surface area contributed by atoms with Crippen LogP contribution in [0.25, 0.3) is 0 Å². The molecule has 0 fully saturated rings. The van der Waals surface area contributed by atoms with Gasteiger partial charge in [0.1, 0.15) is 44.4 Å². The van der Waals surface area contributed by atoms with Crippen LogP contribution in [0, 0.1) is 45.9 Å². The third-order valence-corrected chi connectivity index (χ3v) is 5.87. The van der Waals surface area contributed by atoms with E-state index in [1.54, 1.807) is 12.1 Å². The molecule has 0 bridgehead atoms. The van der Waals surface area contributed by atoms with Gasteiger partial charge < -0.3 is 11.5 Å². The topological polar surface area (TPSA) is 185 Å². The normalized spacial score (nSPS) is 9.45. The third-order valence-electron chi connectivity index (χ3n) is 4.16. The van der Waals surface area contributed by atoms with E-state index in [-0.39, 0.29) is 53.2 Å². The van der Waals surface area contributed by atoms with Crippen LogP contribution in [0.1, 0.15) is 31.8 Å². The number of aromatic nitrogens is 4. The van der Waals surface area contributed by atoms with Crippen LogP contribution in [0.4, 0.5) is 17.6 Å². The summed E-state index contributed by atoms with van der Waals surface area (Å²) in [6.45, 7) is 0. The van der Waals surface area contributed by atoms with Crippen molar-refractivity contribution < 1.29 is 27.2 Å². The summed E-state index contributed by atoms with van der Waals surface area (Å²) in [6, 6.07) is 7.14. The van der Waals surface area contributed by atoms with Gasteiger partial charge in [0.15, 0.2) is 21.9 Å². The lowest BCUT2D eigenvalue weighted by Crippen LogP contribution is -2.12. The molecule has 44 heavy (non-hydrogen) atoms. The summed E-state index contributed by atoms with van der Waals surface area (Å²) >= 11 is 32.2. The molecule has 0 aromatic carbocycles.